The van der Waals surface area contributed by atoms with Gasteiger partial charge in [0.2, 0.25) is 0 Å². The first-order valence-electron chi connectivity index (χ1n) is 8.71. The predicted octanol–water partition coefficient (Wildman–Crippen LogP) is 4.29. The first kappa shape index (κ1) is 21.1. The Morgan fingerprint density at radius 1 is 1.28 bits per heavy atom. The Hall–Kier alpha value is -2.58. The van der Waals surface area contributed by atoms with E-state index in [2.05, 4.69) is 4.98 Å². The lowest BCUT2D eigenvalue weighted by Gasteiger charge is -2.33. The normalized spacial score (nSPS) is 16.9. The Kier molecular flexibility index (Phi) is 5.13. The van der Waals surface area contributed by atoms with Gasteiger partial charge in [0.1, 0.15) is 10.6 Å². The second-order valence-electron chi connectivity index (χ2n) is 7.21. The number of aryl methyl sites for hydroxylation is 1. The number of fused-ring (bicyclic) bond motifs is 1. The molecule has 2 heterocycles. The number of aromatic nitrogens is 1. The molecular formula is C20H21ClN2O5S. The van der Waals surface area contributed by atoms with E-state index in [1.54, 1.807) is 39.0 Å². The molecule has 3 rings (SSSR count). The molecule has 0 spiro atoms. The number of aliphatic hydroxyl groups is 1. The van der Waals surface area contributed by atoms with Crippen molar-refractivity contribution in [2.45, 2.75) is 25.5 Å². The van der Waals surface area contributed by atoms with Gasteiger partial charge in [-0.15, -0.1) is 0 Å². The van der Waals surface area contributed by atoms with Gasteiger partial charge in [-0.1, -0.05) is 29.8 Å². The van der Waals surface area contributed by atoms with Crippen LogP contribution in [0.1, 0.15) is 36.2 Å². The van der Waals surface area contributed by atoms with Gasteiger partial charge in [0.05, 0.1) is 22.6 Å². The van der Waals surface area contributed by atoms with Crippen molar-refractivity contribution in [2.24, 2.45) is 0 Å². The fourth-order valence-electron chi connectivity index (χ4n) is 3.46. The molecule has 0 bridgehead atoms. The van der Waals surface area contributed by atoms with Gasteiger partial charge in [-0.3, -0.25) is 9.88 Å². The van der Waals surface area contributed by atoms with Crippen molar-refractivity contribution in [3.05, 3.63) is 57.9 Å². The third kappa shape index (κ3) is 2.98. The molecule has 2 aromatic rings. The lowest BCUT2D eigenvalue weighted by Crippen LogP contribution is -2.35. The number of carbonyl (C=O) groups is 1. The number of benzene rings is 1. The van der Waals surface area contributed by atoms with Crippen LogP contribution >= 0.6 is 11.6 Å². The number of methoxy groups -OCH3 is 1. The molecule has 29 heavy (non-hydrogen) atoms. The molecule has 1 aliphatic heterocycles. The molecule has 9 heteroatoms. The average molecular weight is 437 g/mol. The smallest absolute Gasteiger partial charge is 0.413 e. The lowest BCUT2D eigenvalue weighted by atomic mass is 9.97. The zero-order valence-corrected chi connectivity index (χ0v) is 18.2. The molecule has 0 radical (unpaired) electrons. The van der Waals surface area contributed by atoms with Gasteiger partial charge in [-0.25, -0.2) is 13.2 Å². The Bertz CT molecular complexity index is 1160. The summed E-state index contributed by atoms with van der Waals surface area (Å²) in [5.41, 5.74) is 1.59. The van der Waals surface area contributed by atoms with Crippen LogP contribution in [0.3, 0.4) is 0 Å². The summed E-state index contributed by atoms with van der Waals surface area (Å²) in [5, 5.41) is 10.9. The topological polar surface area (TPSA) is 96.8 Å². The van der Waals surface area contributed by atoms with Crippen molar-refractivity contribution in [3.63, 3.8) is 0 Å². The summed E-state index contributed by atoms with van der Waals surface area (Å²) in [6.45, 7) is 4.84. The van der Waals surface area contributed by atoms with E-state index >= 15 is 0 Å². The quantitative estimate of drug-likeness (QED) is 0.754. The van der Waals surface area contributed by atoms with E-state index < -0.39 is 26.4 Å². The molecule has 154 valence electrons. The van der Waals surface area contributed by atoms with Gasteiger partial charge in [0.15, 0.2) is 15.6 Å². The third-order valence-corrected chi connectivity index (χ3v) is 8.08. The van der Waals surface area contributed by atoms with Crippen molar-refractivity contribution in [3.8, 4) is 0 Å². The van der Waals surface area contributed by atoms with Crippen LogP contribution in [0.25, 0.3) is 10.7 Å². The summed E-state index contributed by atoms with van der Waals surface area (Å²) in [5.74, 6) is -0.475. The summed E-state index contributed by atoms with van der Waals surface area (Å²) in [7, 11) is -1.35. The fourth-order valence-corrected chi connectivity index (χ4v) is 5.73. The molecule has 0 saturated carbocycles. The minimum absolute atomic E-state index is 0.0122. The SMILES string of the molecule is COC(=O)N(C)c1c(C)ccc(C2=C(O)c3ncccc3C(C)(C)S2(=O)=O)c1Cl. The molecule has 0 aliphatic carbocycles. The maximum absolute atomic E-state index is 13.5. The number of nitrogens with zero attached hydrogens (tertiary/aromatic N) is 2. The monoisotopic (exact) mass is 436 g/mol. The summed E-state index contributed by atoms with van der Waals surface area (Å²) in [6, 6.07) is 6.39. The molecular weight excluding hydrogens is 416 g/mol. The molecule has 0 unspecified atom stereocenters. The molecule has 0 fully saturated rings. The van der Waals surface area contributed by atoms with Crippen LogP contribution in [0.4, 0.5) is 10.5 Å². The molecule has 0 saturated heterocycles. The van der Waals surface area contributed by atoms with Crippen molar-refractivity contribution < 1.29 is 23.1 Å². The van der Waals surface area contributed by atoms with Crippen LogP contribution in [0.2, 0.25) is 5.02 Å². The lowest BCUT2D eigenvalue weighted by molar-refractivity contribution is 0.180. The molecule has 0 atom stereocenters. The minimum Gasteiger partial charge on any atom is -0.504 e. The van der Waals surface area contributed by atoms with E-state index in [0.717, 1.165) is 0 Å². The fraction of sp³-hybridized carbons (Fsp3) is 0.300. The number of rotatable bonds is 2. The Morgan fingerprint density at radius 3 is 2.55 bits per heavy atom. The largest absolute Gasteiger partial charge is 0.504 e. The zero-order valence-electron chi connectivity index (χ0n) is 16.6. The maximum Gasteiger partial charge on any atom is 0.413 e. The highest BCUT2D eigenvalue weighted by Crippen LogP contribution is 2.50. The number of hydrogen-bond acceptors (Lipinski definition) is 6. The number of pyridine rings is 1. The highest BCUT2D eigenvalue weighted by Gasteiger charge is 2.48. The van der Waals surface area contributed by atoms with Gasteiger partial charge in [-0.05, 0) is 32.4 Å². The highest BCUT2D eigenvalue weighted by molar-refractivity contribution is 8.01. The molecule has 1 aliphatic rings. The van der Waals surface area contributed by atoms with Crippen LogP contribution in [-0.2, 0) is 19.3 Å². The van der Waals surface area contributed by atoms with E-state index in [9.17, 15) is 18.3 Å². The Balaban J connectivity index is 2.38. The summed E-state index contributed by atoms with van der Waals surface area (Å²) in [4.78, 5) is 17.1. The van der Waals surface area contributed by atoms with Crippen LogP contribution in [-0.4, -0.2) is 38.8 Å². The standard InChI is InChI=1S/C20H21ClN2O5S/c1-11-8-9-12(14(21)16(11)23(4)19(25)28-5)18-17(24)15-13(7-6-10-22-15)20(2,3)29(18,26)27/h6-10,24H,1-5H3. The third-order valence-electron chi connectivity index (χ3n) is 5.18. The van der Waals surface area contributed by atoms with E-state index in [4.69, 9.17) is 16.3 Å². The number of anilines is 1. The predicted molar refractivity (Wildman–Crippen MR) is 113 cm³/mol. The number of amides is 1. The van der Waals surface area contributed by atoms with Crippen molar-refractivity contribution in [1.82, 2.24) is 4.98 Å². The van der Waals surface area contributed by atoms with Crippen molar-refractivity contribution in [2.75, 3.05) is 19.1 Å². The van der Waals surface area contributed by atoms with Crippen LogP contribution < -0.4 is 4.90 Å². The number of carbonyl (C=O) groups excluding carboxylic acids is 1. The van der Waals surface area contributed by atoms with E-state index in [1.165, 1.54) is 31.3 Å². The minimum atomic E-state index is -4.05. The van der Waals surface area contributed by atoms with Gasteiger partial charge in [0.25, 0.3) is 0 Å². The Labute approximate surface area is 174 Å². The summed E-state index contributed by atoms with van der Waals surface area (Å²) in [6.07, 6.45) is 0.817. The van der Waals surface area contributed by atoms with Gasteiger partial charge < -0.3 is 9.84 Å². The van der Waals surface area contributed by atoms with E-state index in [1.807, 2.05) is 0 Å². The molecule has 1 aromatic heterocycles. The number of hydrogen-bond donors (Lipinski definition) is 1. The number of halogens is 1. The summed E-state index contributed by atoms with van der Waals surface area (Å²) < 4.78 is 30.4. The van der Waals surface area contributed by atoms with Crippen LogP contribution in [0.15, 0.2) is 30.5 Å². The average Bonchev–Trinajstić information content (AvgIpc) is 2.67. The van der Waals surface area contributed by atoms with E-state index in [0.29, 0.717) is 11.1 Å². The first-order valence-corrected chi connectivity index (χ1v) is 10.6. The van der Waals surface area contributed by atoms with Crippen LogP contribution in [0.5, 0.6) is 0 Å². The number of sulfone groups is 1. The Morgan fingerprint density at radius 2 is 1.93 bits per heavy atom. The maximum atomic E-state index is 13.5. The van der Waals surface area contributed by atoms with Crippen molar-refractivity contribution in [1.29, 1.82) is 0 Å². The van der Waals surface area contributed by atoms with Gasteiger partial charge >= 0.3 is 6.09 Å². The van der Waals surface area contributed by atoms with E-state index in [-0.39, 0.29) is 26.9 Å². The second-order valence-corrected chi connectivity index (χ2v) is 10.0. The molecule has 1 N–H and O–H groups in total. The number of aliphatic hydroxyl groups excluding tert-OH is 1. The zero-order chi connectivity index (χ0) is 21.7. The van der Waals surface area contributed by atoms with Crippen LogP contribution in [0, 0.1) is 6.92 Å². The van der Waals surface area contributed by atoms with Crippen molar-refractivity contribution >= 4 is 43.9 Å². The van der Waals surface area contributed by atoms with Gasteiger partial charge in [-0.2, -0.15) is 0 Å². The second kappa shape index (κ2) is 7.03. The molecule has 7 nitrogen and oxygen atoms in total. The first-order chi connectivity index (χ1) is 13.5. The van der Waals surface area contributed by atoms with Gasteiger partial charge in [0, 0.05) is 24.4 Å². The number of ether oxygens (including phenoxy) is 1. The molecule has 1 aromatic carbocycles. The molecule has 1 amide bonds. The highest BCUT2D eigenvalue weighted by atomic mass is 35.5. The summed E-state index contributed by atoms with van der Waals surface area (Å²) >= 11 is 6.58.